The number of aryl methyl sites for hydroxylation is 2. The van der Waals surface area contributed by atoms with Gasteiger partial charge in [0.1, 0.15) is 11.4 Å². The Bertz CT molecular complexity index is 1470. The number of azo groups is 2. The molecule has 0 fully saturated rings. The first kappa shape index (κ1) is 31.5. The highest BCUT2D eigenvalue weighted by atomic mass is 31.2. The zero-order valence-electron chi connectivity index (χ0n) is 23.0. The number of aliphatic hydroxyl groups excluding tert-OH is 1. The zero-order chi connectivity index (χ0) is 30.0. The van der Waals surface area contributed by atoms with Crippen LogP contribution in [0.4, 0.5) is 34.1 Å². The van der Waals surface area contributed by atoms with Crippen molar-refractivity contribution in [1.29, 1.82) is 0 Å². The number of aliphatic hydroxyl groups is 1. The van der Waals surface area contributed by atoms with E-state index in [0.717, 1.165) is 18.4 Å². The average molecular weight is 586 g/mol. The lowest BCUT2D eigenvalue weighted by Crippen LogP contribution is -2.30. The fourth-order valence-corrected chi connectivity index (χ4v) is 4.10. The van der Waals surface area contributed by atoms with Crippen molar-refractivity contribution < 1.29 is 33.3 Å². The van der Waals surface area contributed by atoms with Gasteiger partial charge in [-0.05, 0) is 61.4 Å². The van der Waals surface area contributed by atoms with Crippen LogP contribution < -0.4 is 14.5 Å². The number of anilines is 1. The second kappa shape index (κ2) is 14.5. The van der Waals surface area contributed by atoms with E-state index in [1.165, 1.54) is 19.2 Å². The SMILES string of the molecule is COc1cc(N=Nc2ccc(C)cc2[N+](=O)[O-])cc(C)c1N=Nc1ccc(N(CCO)CCOP(=O)([O-])OC)cc1. The van der Waals surface area contributed by atoms with Gasteiger partial charge in [-0.2, -0.15) is 10.2 Å². The van der Waals surface area contributed by atoms with Crippen LogP contribution in [0.25, 0.3) is 0 Å². The molecule has 1 unspecified atom stereocenters. The number of hydrogen-bond acceptors (Lipinski definition) is 13. The number of methoxy groups -OCH3 is 1. The maximum atomic E-state index is 11.4. The van der Waals surface area contributed by atoms with Gasteiger partial charge >= 0.3 is 0 Å². The topological polar surface area (TPSA) is 184 Å². The summed E-state index contributed by atoms with van der Waals surface area (Å²) in [6, 6.07) is 15.0. The lowest BCUT2D eigenvalue weighted by molar-refractivity contribution is -0.384. The second-order valence-corrected chi connectivity index (χ2v) is 10.2. The van der Waals surface area contributed by atoms with E-state index in [2.05, 4.69) is 25.0 Å². The van der Waals surface area contributed by atoms with E-state index in [9.17, 15) is 24.7 Å². The Balaban J connectivity index is 1.76. The summed E-state index contributed by atoms with van der Waals surface area (Å²) in [5.74, 6) is 0.388. The molecular formula is C26H30N6O8P-. The van der Waals surface area contributed by atoms with Crippen LogP contribution in [0.3, 0.4) is 0 Å². The van der Waals surface area contributed by atoms with E-state index in [-0.39, 0.29) is 37.7 Å². The van der Waals surface area contributed by atoms with Crippen molar-refractivity contribution in [3.63, 3.8) is 0 Å². The van der Waals surface area contributed by atoms with E-state index in [1.54, 1.807) is 61.2 Å². The molecule has 15 heteroatoms. The highest BCUT2D eigenvalue weighted by Crippen LogP contribution is 2.38. The number of nitrogens with zero attached hydrogens (tertiary/aromatic N) is 6. The number of ether oxygens (including phenoxy) is 1. The molecule has 0 aromatic heterocycles. The predicted octanol–water partition coefficient (Wildman–Crippen LogP) is 5.98. The van der Waals surface area contributed by atoms with E-state index in [0.29, 0.717) is 28.4 Å². The normalized spacial score (nSPS) is 13.0. The van der Waals surface area contributed by atoms with Crippen molar-refractivity contribution in [3.05, 3.63) is 75.8 Å². The summed E-state index contributed by atoms with van der Waals surface area (Å²) in [6.45, 7) is 3.73. The highest BCUT2D eigenvalue weighted by molar-refractivity contribution is 7.45. The standard InChI is InChI=1S/C26H31N6O8P/c1-18-5-10-23(24(15-18)32(34)35)29-28-21-16-19(2)26(25(17-21)38-3)30-27-20-6-8-22(9-7-20)31(11-13-33)12-14-40-41(36,37)39-4/h5-10,15-17,33H,11-14H2,1-4H3,(H,36,37)/p-1. The van der Waals surface area contributed by atoms with Gasteiger partial charge in [-0.3, -0.25) is 14.7 Å². The Morgan fingerprint density at radius 2 is 1.66 bits per heavy atom. The maximum Gasteiger partial charge on any atom is 0.296 e. The predicted molar refractivity (Wildman–Crippen MR) is 150 cm³/mol. The third-order valence-corrected chi connectivity index (χ3v) is 6.70. The molecule has 3 aromatic carbocycles. The van der Waals surface area contributed by atoms with Crippen LogP contribution in [0, 0.1) is 24.0 Å². The van der Waals surface area contributed by atoms with E-state index >= 15 is 0 Å². The monoisotopic (exact) mass is 585 g/mol. The Morgan fingerprint density at radius 3 is 2.29 bits per heavy atom. The van der Waals surface area contributed by atoms with Crippen molar-refractivity contribution in [3.8, 4) is 5.75 Å². The van der Waals surface area contributed by atoms with Crippen LogP contribution in [-0.4, -0.2) is 50.6 Å². The fourth-order valence-electron chi connectivity index (χ4n) is 3.69. The molecule has 0 bridgehead atoms. The van der Waals surface area contributed by atoms with E-state index in [1.807, 2.05) is 0 Å². The third-order valence-electron chi connectivity index (χ3n) is 5.76. The van der Waals surface area contributed by atoms with Crippen LogP contribution in [0.1, 0.15) is 11.1 Å². The molecule has 0 radical (unpaired) electrons. The largest absolute Gasteiger partial charge is 0.756 e. The number of phosphoric acid groups is 1. The van der Waals surface area contributed by atoms with Gasteiger partial charge in [0.2, 0.25) is 0 Å². The molecule has 218 valence electrons. The minimum absolute atomic E-state index is 0.134. The second-order valence-electron chi connectivity index (χ2n) is 8.65. The molecule has 0 aliphatic rings. The number of phosphoric ester groups is 1. The number of nitro groups is 1. The van der Waals surface area contributed by atoms with Crippen molar-refractivity contribution >= 4 is 41.9 Å². The molecule has 3 aromatic rings. The van der Waals surface area contributed by atoms with Crippen LogP contribution >= 0.6 is 7.82 Å². The lowest BCUT2D eigenvalue weighted by atomic mass is 10.1. The average Bonchev–Trinajstić information content (AvgIpc) is 2.95. The number of benzene rings is 3. The maximum absolute atomic E-state index is 11.4. The molecule has 0 aliphatic carbocycles. The van der Waals surface area contributed by atoms with Crippen LogP contribution in [-0.2, 0) is 13.6 Å². The minimum atomic E-state index is -4.34. The van der Waals surface area contributed by atoms with Crippen molar-refractivity contribution in [2.24, 2.45) is 20.5 Å². The van der Waals surface area contributed by atoms with Gasteiger partial charge in [0.05, 0.1) is 36.6 Å². The molecule has 0 aliphatic heterocycles. The van der Waals surface area contributed by atoms with E-state index < -0.39 is 12.7 Å². The summed E-state index contributed by atoms with van der Waals surface area (Å²) in [5, 5.41) is 37.6. The fraction of sp³-hybridized carbons (Fsp3) is 0.308. The summed E-state index contributed by atoms with van der Waals surface area (Å²) >= 11 is 0. The van der Waals surface area contributed by atoms with Crippen LogP contribution in [0.15, 0.2) is 75.1 Å². The minimum Gasteiger partial charge on any atom is -0.756 e. The van der Waals surface area contributed by atoms with Gasteiger partial charge in [-0.15, -0.1) is 10.2 Å². The number of rotatable bonds is 14. The molecule has 0 saturated carbocycles. The number of hydrogen-bond donors (Lipinski definition) is 1. The summed E-state index contributed by atoms with van der Waals surface area (Å²) in [5.41, 5.74) is 3.58. The molecule has 14 nitrogen and oxygen atoms in total. The smallest absolute Gasteiger partial charge is 0.296 e. The molecule has 0 amide bonds. The Hall–Kier alpha value is -4.07. The summed E-state index contributed by atoms with van der Waals surface area (Å²) < 4.78 is 25.9. The molecule has 0 heterocycles. The molecule has 0 saturated heterocycles. The summed E-state index contributed by atoms with van der Waals surface area (Å²) in [7, 11) is -1.84. The summed E-state index contributed by atoms with van der Waals surface area (Å²) in [6.07, 6.45) is 0. The lowest BCUT2D eigenvalue weighted by Gasteiger charge is -2.26. The Morgan fingerprint density at radius 1 is 0.951 bits per heavy atom. The van der Waals surface area contributed by atoms with Crippen molar-refractivity contribution in [2.45, 2.75) is 13.8 Å². The summed E-state index contributed by atoms with van der Waals surface area (Å²) in [4.78, 5) is 24.0. The first-order valence-electron chi connectivity index (χ1n) is 12.3. The quantitative estimate of drug-likeness (QED) is 0.103. The highest BCUT2D eigenvalue weighted by Gasteiger charge is 2.15. The molecule has 1 atom stereocenters. The molecular weight excluding hydrogens is 555 g/mol. The molecule has 0 spiro atoms. The van der Waals surface area contributed by atoms with Gasteiger partial charge in [0.25, 0.3) is 13.5 Å². The van der Waals surface area contributed by atoms with Gasteiger partial charge in [-0.25, -0.2) is 0 Å². The van der Waals surface area contributed by atoms with Gasteiger partial charge in [0.15, 0.2) is 5.69 Å². The van der Waals surface area contributed by atoms with Crippen LogP contribution in [0.2, 0.25) is 0 Å². The van der Waals surface area contributed by atoms with Gasteiger partial charge in [-0.1, -0.05) is 6.07 Å². The molecule has 41 heavy (non-hydrogen) atoms. The van der Waals surface area contributed by atoms with Crippen molar-refractivity contribution in [1.82, 2.24) is 0 Å². The van der Waals surface area contributed by atoms with Gasteiger partial charge < -0.3 is 28.7 Å². The first-order chi connectivity index (χ1) is 19.6. The van der Waals surface area contributed by atoms with Crippen LogP contribution in [0.5, 0.6) is 5.75 Å². The Kier molecular flexibility index (Phi) is 11.1. The zero-order valence-corrected chi connectivity index (χ0v) is 23.9. The van der Waals surface area contributed by atoms with E-state index in [4.69, 9.17) is 9.26 Å². The van der Waals surface area contributed by atoms with Gasteiger partial charge in [0, 0.05) is 38.0 Å². The Labute approximate surface area is 236 Å². The molecule has 3 rings (SSSR count). The third kappa shape index (κ3) is 8.96. The number of nitro benzene ring substituents is 1. The molecule has 1 N–H and O–H groups in total. The van der Waals surface area contributed by atoms with Crippen molar-refractivity contribution in [2.75, 3.05) is 45.4 Å². The first-order valence-corrected chi connectivity index (χ1v) is 13.8.